The topological polar surface area (TPSA) is 102 Å². The Morgan fingerprint density at radius 3 is 2.88 bits per heavy atom. The molecule has 0 saturated carbocycles. The molecule has 1 saturated heterocycles. The first-order valence-corrected chi connectivity index (χ1v) is 11.2. The van der Waals surface area contributed by atoms with E-state index in [0.717, 1.165) is 14.6 Å². The van der Waals surface area contributed by atoms with Crippen LogP contribution in [0.5, 0.6) is 0 Å². The normalized spacial score (nSPS) is 19.0. The van der Waals surface area contributed by atoms with Crippen molar-refractivity contribution in [2.24, 2.45) is 0 Å². The van der Waals surface area contributed by atoms with Crippen LogP contribution < -0.4 is 5.32 Å². The lowest BCUT2D eigenvalue weighted by Crippen LogP contribution is -2.38. The number of hydrogen-bond donors (Lipinski definition) is 1. The number of thiazole rings is 1. The predicted octanol–water partition coefficient (Wildman–Crippen LogP) is 1.23. The van der Waals surface area contributed by atoms with Crippen LogP contribution >= 0.6 is 23.1 Å². The summed E-state index contributed by atoms with van der Waals surface area (Å²) < 4.78 is 29.4. The highest BCUT2D eigenvalue weighted by molar-refractivity contribution is 8.01. The van der Waals surface area contributed by atoms with Crippen LogP contribution in [0.3, 0.4) is 0 Å². The van der Waals surface area contributed by atoms with Gasteiger partial charge in [-0.3, -0.25) is 9.59 Å². The Morgan fingerprint density at radius 1 is 1.36 bits per heavy atom. The summed E-state index contributed by atoms with van der Waals surface area (Å²) in [5.41, 5.74) is 0.884. The Kier molecular flexibility index (Phi) is 5.60. The van der Waals surface area contributed by atoms with Crippen LogP contribution in [0.25, 0.3) is 10.2 Å². The summed E-state index contributed by atoms with van der Waals surface area (Å²) in [5, 5.41) is 2.57. The number of nitrogens with zero attached hydrogens (tertiary/aromatic N) is 1. The zero-order chi connectivity index (χ0) is 17.9. The minimum Gasteiger partial charge on any atom is -0.455 e. The van der Waals surface area contributed by atoms with Gasteiger partial charge in [0.15, 0.2) is 20.8 Å². The predicted molar refractivity (Wildman–Crippen MR) is 96.5 cm³/mol. The van der Waals surface area contributed by atoms with Crippen LogP contribution in [0.2, 0.25) is 0 Å². The van der Waals surface area contributed by atoms with Crippen molar-refractivity contribution >= 4 is 55.0 Å². The molecule has 1 aromatic heterocycles. The van der Waals surface area contributed by atoms with Gasteiger partial charge in [0.2, 0.25) is 0 Å². The number of carbonyl (C=O) groups excluding carboxylic acids is 2. The molecular formula is C15H16N2O5S3. The fourth-order valence-corrected chi connectivity index (χ4v) is 5.94. The quantitative estimate of drug-likeness (QED) is 0.575. The Bertz CT molecular complexity index is 860. The Balaban J connectivity index is 1.39. The van der Waals surface area contributed by atoms with E-state index in [9.17, 15) is 18.0 Å². The number of ether oxygens (including phenoxy) is 1. The molecule has 0 spiro atoms. The van der Waals surface area contributed by atoms with Gasteiger partial charge in [-0.1, -0.05) is 23.9 Å². The van der Waals surface area contributed by atoms with Gasteiger partial charge in [-0.05, 0) is 18.6 Å². The number of esters is 1. The fourth-order valence-electron chi connectivity index (χ4n) is 2.40. The second-order valence-electron chi connectivity index (χ2n) is 5.56. The van der Waals surface area contributed by atoms with Crippen LogP contribution in [0.4, 0.5) is 0 Å². The molecule has 1 fully saturated rings. The zero-order valence-corrected chi connectivity index (χ0v) is 15.6. The smallest absolute Gasteiger partial charge is 0.316 e. The highest BCUT2D eigenvalue weighted by Gasteiger charge is 2.29. The molecule has 1 amide bonds. The minimum atomic E-state index is -3.05. The maximum absolute atomic E-state index is 11.7. The molecule has 1 aromatic carbocycles. The monoisotopic (exact) mass is 400 g/mol. The first kappa shape index (κ1) is 18.2. The average Bonchev–Trinajstić information content (AvgIpc) is 3.13. The van der Waals surface area contributed by atoms with Gasteiger partial charge in [-0.2, -0.15) is 0 Å². The lowest BCUT2D eigenvalue weighted by molar-refractivity contribution is -0.146. The minimum absolute atomic E-state index is 0.0554. The molecule has 0 unspecified atom stereocenters. The van der Waals surface area contributed by atoms with E-state index in [0.29, 0.717) is 6.42 Å². The molecule has 0 radical (unpaired) electrons. The number of para-hydroxylation sites is 1. The van der Waals surface area contributed by atoms with E-state index in [-0.39, 0.29) is 17.3 Å². The number of carbonyl (C=O) groups is 2. The van der Waals surface area contributed by atoms with Crippen molar-refractivity contribution in [2.75, 3.05) is 23.9 Å². The summed E-state index contributed by atoms with van der Waals surface area (Å²) in [6.45, 7) is -0.407. The molecule has 2 heterocycles. The number of benzene rings is 1. The number of hydrogen-bond acceptors (Lipinski definition) is 8. The summed E-state index contributed by atoms with van der Waals surface area (Å²) in [4.78, 5) is 27.8. The van der Waals surface area contributed by atoms with Crippen LogP contribution in [0.1, 0.15) is 6.42 Å². The van der Waals surface area contributed by atoms with Gasteiger partial charge in [0.05, 0.1) is 27.5 Å². The number of sulfone groups is 1. The third-order valence-electron chi connectivity index (χ3n) is 3.55. The lowest BCUT2D eigenvalue weighted by atomic mass is 10.2. The van der Waals surface area contributed by atoms with Crippen molar-refractivity contribution in [1.29, 1.82) is 0 Å². The van der Waals surface area contributed by atoms with Crippen LogP contribution in [-0.4, -0.2) is 55.2 Å². The fraction of sp³-hybridized carbons (Fsp3) is 0.400. The second kappa shape index (κ2) is 7.71. The van der Waals surface area contributed by atoms with Gasteiger partial charge in [0.25, 0.3) is 5.91 Å². The Labute approximate surface area is 153 Å². The number of aromatic nitrogens is 1. The summed E-state index contributed by atoms with van der Waals surface area (Å²) in [6.07, 6.45) is 0.398. The largest absolute Gasteiger partial charge is 0.455 e. The van der Waals surface area contributed by atoms with E-state index < -0.39 is 34.4 Å². The summed E-state index contributed by atoms with van der Waals surface area (Å²) in [7, 11) is -3.05. The van der Waals surface area contributed by atoms with E-state index in [4.69, 9.17) is 4.74 Å². The first-order chi connectivity index (χ1) is 11.9. The van der Waals surface area contributed by atoms with Crippen molar-refractivity contribution in [2.45, 2.75) is 16.8 Å². The second-order valence-corrected chi connectivity index (χ2v) is 10.0. The molecule has 1 aliphatic heterocycles. The van der Waals surface area contributed by atoms with Crippen LogP contribution in [-0.2, 0) is 24.2 Å². The summed E-state index contributed by atoms with van der Waals surface area (Å²) >= 11 is 2.75. The first-order valence-electron chi connectivity index (χ1n) is 7.55. The van der Waals surface area contributed by atoms with Gasteiger partial charge in [0, 0.05) is 6.04 Å². The number of fused-ring (bicyclic) bond motifs is 1. The number of rotatable bonds is 6. The van der Waals surface area contributed by atoms with Crippen molar-refractivity contribution in [3.8, 4) is 0 Å². The van der Waals surface area contributed by atoms with Gasteiger partial charge in [-0.15, -0.1) is 11.3 Å². The molecule has 1 N–H and O–H groups in total. The van der Waals surface area contributed by atoms with Gasteiger partial charge >= 0.3 is 5.97 Å². The molecule has 1 atom stereocenters. The maximum Gasteiger partial charge on any atom is 0.316 e. The molecular weight excluding hydrogens is 384 g/mol. The third kappa shape index (κ3) is 5.16. The molecule has 0 aliphatic carbocycles. The summed E-state index contributed by atoms with van der Waals surface area (Å²) in [5.74, 6) is -0.916. The van der Waals surface area contributed by atoms with Crippen LogP contribution in [0, 0.1) is 0 Å². The van der Waals surface area contributed by atoms with Gasteiger partial charge in [-0.25, -0.2) is 13.4 Å². The molecule has 0 bridgehead atoms. The van der Waals surface area contributed by atoms with Crippen molar-refractivity contribution in [3.63, 3.8) is 0 Å². The highest BCUT2D eigenvalue weighted by atomic mass is 32.2. The molecule has 134 valence electrons. The number of amides is 1. The molecule has 25 heavy (non-hydrogen) atoms. The van der Waals surface area contributed by atoms with Gasteiger partial charge in [0.1, 0.15) is 0 Å². The third-order valence-corrected chi connectivity index (χ3v) is 7.47. The molecule has 7 nitrogen and oxygen atoms in total. The van der Waals surface area contributed by atoms with Crippen molar-refractivity contribution in [3.05, 3.63) is 24.3 Å². The molecule has 2 aromatic rings. The van der Waals surface area contributed by atoms with E-state index in [1.165, 1.54) is 23.1 Å². The standard InChI is InChI=1S/C15H16N2O5S3/c18-13(16-10-5-6-25(20,21)9-10)7-22-14(19)8-23-15-17-11-3-1-2-4-12(11)24-15/h1-4,10H,5-9H2,(H,16,18)/t10-/m0/s1. The van der Waals surface area contributed by atoms with Crippen molar-refractivity contribution < 1.29 is 22.7 Å². The zero-order valence-electron chi connectivity index (χ0n) is 13.1. The average molecular weight is 401 g/mol. The molecule has 3 rings (SSSR count). The summed E-state index contributed by atoms with van der Waals surface area (Å²) in [6, 6.07) is 7.30. The SMILES string of the molecule is O=C(COC(=O)CSc1nc2ccccc2s1)N[C@H]1CCS(=O)(=O)C1. The highest BCUT2D eigenvalue weighted by Crippen LogP contribution is 2.29. The maximum atomic E-state index is 11.7. The van der Waals surface area contributed by atoms with E-state index in [2.05, 4.69) is 10.3 Å². The Hall–Kier alpha value is -1.65. The number of nitrogens with one attached hydrogen (secondary N) is 1. The van der Waals surface area contributed by atoms with Crippen LogP contribution in [0.15, 0.2) is 28.6 Å². The van der Waals surface area contributed by atoms with E-state index in [1.807, 2.05) is 24.3 Å². The Morgan fingerprint density at radius 2 is 2.16 bits per heavy atom. The molecule has 1 aliphatic rings. The number of thioether (sulfide) groups is 1. The van der Waals surface area contributed by atoms with Crippen molar-refractivity contribution in [1.82, 2.24) is 10.3 Å². The lowest BCUT2D eigenvalue weighted by Gasteiger charge is -2.10. The molecule has 10 heteroatoms. The van der Waals surface area contributed by atoms with Gasteiger partial charge < -0.3 is 10.1 Å². The van der Waals surface area contributed by atoms with E-state index >= 15 is 0 Å². The van der Waals surface area contributed by atoms with E-state index in [1.54, 1.807) is 0 Å².